The second-order valence-electron chi connectivity index (χ2n) is 1.09. The van der Waals surface area contributed by atoms with Crippen LogP contribution in [0.2, 0.25) is 0 Å². The van der Waals surface area contributed by atoms with Gasteiger partial charge >= 0.3 is 0 Å². The predicted molar refractivity (Wildman–Crippen MR) is 33.0 cm³/mol. The number of rotatable bonds is 1. The average molecular weight is 156 g/mol. The second-order valence-corrected chi connectivity index (χ2v) is 4.66. The maximum absolute atomic E-state index is 3.33. The number of hydrogen-bond acceptors (Lipinski definition) is 0. The monoisotopic (exact) mass is 155 g/mol. The third-order valence-electron chi connectivity index (χ3n) is 0.218. The van der Waals surface area contributed by atoms with Gasteiger partial charge in [-0.2, -0.15) is 0 Å². The summed E-state index contributed by atoms with van der Waals surface area (Å²) >= 11 is 3.33. The zero-order chi connectivity index (χ0) is 4.28. The molecule has 0 fully saturated rings. The number of hydrogen-bond donors (Lipinski definition) is 0. The molecular formula is C3H8BrS+. The van der Waals surface area contributed by atoms with Crippen LogP contribution in [-0.2, 0) is 10.9 Å². The van der Waals surface area contributed by atoms with Crippen molar-refractivity contribution >= 4 is 26.8 Å². The van der Waals surface area contributed by atoms with Crippen molar-refractivity contribution in [1.82, 2.24) is 0 Å². The van der Waals surface area contributed by atoms with Gasteiger partial charge in [0.15, 0.2) is 4.66 Å². The van der Waals surface area contributed by atoms with E-state index in [2.05, 4.69) is 28.4 Å². The Morgan fingerprint density at radius 3 is 1.80 bits per heavy atom. The summed E-state index contributed by atoms with van der Waals surface area (Å²) in [5.74, 6) is 0. The molecule has 0 heterocycles. The molecule has 0 rings (SSSR count). The Morgan fingerprint density at radius 1 is 1.60 bits per heavy atom. The van der Waals surface area contributed by atoms with Crippen molar-refractivity contribution < 1.29 is 0 Å². The lowest BCUT2D eigenvalue weighted by molar-refractivity contribution is 2.12. The van der Waals surface area contributed by atoms with Crippen molar-refractivity contribution in [2.75, 3.05) is 17.2 Å². The standard InChI is InChI=1S/C3H8BrS/c1-5(2)3-4/h3H2,1-2H3/q+1. The first kappa shape index (κ1) is 5.83. The van der Waals surface area contributed by atoms with Gasteiger partial charge in [0, 0.05) is 0 Å². The number of halogens is 1. The molecule has 0 amide bonds. The van der Waals surface area contributed by atoms with Crippen LogP contribution in [-0.4, -0.2) is 17.2 Å². The molecule has 0 aliphatic carbocycles. The topological polar surface area (TPSA) is 0 Å². The van der Waals surface area contributed by atoms with Crippen LogP contribution in [0.5, 0.6) is 0 Å². The summed E-state index contributed by atoms with van der Waals surface area (Å²) in [6.45, 7) is 0. The van der Waals surface area contributed by atoms with E-state index in [4.69, 9.17) is 0 Å². The van der Waals surface area contributed by atoms with Crippen molar-refractivity contribution in [1.29, 1.82) is 0 Å². The van der Waals surface area contributed by atoms with E-state index in [0.29, 0.717) is 10.9 Å². The Bertz CT molecular complexity index is 20.9. The van der Waals surface area contributed by atoms with Gasteiger partial charge < -0.3 is 0 Å². The largest absolute Gasteiger partial charge is 0.161 e. The van der Waals surface area contributed by atoms with E-state index in [0.717, 1.165) is 4.66 Å². The fourth-order valence-electron chi connectivity index (χ4n) is 0. The zero-order valence-electron chi connectivity index (χ0n) is 3.49. The van der Waals surface area contributed by atoms with Gasteiger partial charge in [-0.3, -0.25) is 0 Å². The first-order chi connectivity index (χ1) is 2.27. The Labute approximate surface area is 44.4 Å². The van der Waals surface area contributed by atoms with Crippen molar-refractivity contribution in [3.63, 3.8) is 0 Å². The minimum atomic E-state index is 0.594. The van der Waals surface area contributed by atoms with E-state index in [-0.39, 0.29) is 0 Å². The summed E-state index contributed by atoms with van der Waals surface area (Å²) < 4.78 is 1.15. The average Bonchev–Trinajstić information content (AvgIpc) is 1.38. The van der Waals surface area contributed by atoms with Gasteiger partial charge in [0.05, 0.1) is 12.5 Å². The molecule has 0 aromatic rings. The molecule has 0 aliphatic rings. The van der Waals surface area contributed by atoms with E-state index in [1.165, 1.54) is 0 Å². The predicted octanol–water partition coefficient (Wildman–Crippen LogP) is 1.22. The minimum absolute atomic E-state index is 0.594. The van der Waals surface area contributed by atoms with Crippen LogP contribution in [0.1, 0.15) is 0 Å². The molecule has 5 heavy (non-hydrogen) atoms. The van der Waals surface area contributed by atoms with E-state index in [1.54, 1.807) is 0 Å². The maximum Gasteiger partial charge on any atom is 0.161 e. The molecule has 2 heteroatoms. The molecule has 0 radical (unpaired) electrons. The molecule has 0 atom stereocenters. The molecule has 0 nitrogen and oxygen atoms in total. The fourth-order valence-corrected chi connectivity index (χ4v) is 0. The van der Waals surface area contributed by atoms with Crippen LogP contribution in [0.4, 0.5) is 0 Å². The Hall–Kier alpha value is 0.830. The molecule has 32 valence electrons. The minimum Gasteiger partial charge on any atom is -0.0328 e. The second kappa shape index (κ2) is 3.04. The van der Waals surface area contributed by atoms with Gasteiger partial charge in [-0.1, -0.05) is 0 Å². The van der Waals surface area contributed by atoms with Crippen LogP contribution in [0.3, 0.4) is 0 Å². The summed E-state index contributed by atoms with van der Waals surface area (Å²) in [7, 11) is 0.594. The molecule has 0 N–H and O–H groups in total. The molecule has 0 aliphatic heterocycles. The molecule has 0 bridgehead atoms. The van der Waals surface area contributed by atoms with E-state index in [1.807, 2.05) is 0 Å². The van der Waals surface area contributed by atoms with Crippen molar-refractivity contribution in [2.45, 2.75) is 0 Å². The van der Waals surface area contributed by atoms with Gasteiger partial charge in [0.2, 0.25) is 0 Å². The summed E-state index contributed by atoms with van der Waals surface area (Å²) in [5.41, 5.74) is 0. The highest BCUT2D eigenvalue weighted by molar-refractivity contribution is 9.10. The molecule has 0 saturated heterocycles. The maximum atomic E-state index is 3.33. The fraction of sp³-hybridized carbons (Fsp3) is 1.00. The molecule has 0 aromatic carbocycles. The Kier molecular flexibility index (Phi) is 3.54. The highest BCUT2D eigenvalue weighted by Gasteiger charge is 1.91. The van der Waals surface area contributed by atoms with E-state index in [9.17, 15) is 0 Å². The first-order valence-corrected chi connectivity index (χ1v) is 4.70. The summed E-state index contributed by atoms with van der Waals surface area (Å²) in [4.78, 5) is 0. The summed E-state index contributed by atoms with van der Waals surface area (Å²) in [5, 5.41) is 0. The highest BCUT2D eigenvalue weighted by atomic mass is 79.9. The zero-order valence-corrected chi connectivity index (χ0v) is 5.90. The van der Waals surface area contributed by atoms with Crippen LogP contribution in [0.15, 0.2) is 0 Å². The van der Waals surface area contributed by atoms with Gasteiger partial charge in [-0.05, 0) is 26.8 Å². The van der Waals surface area contributed by atoms with Crippen molar-refractivity contribution in [2.24, 2.45) is 0 Å². The molecule has 0 spiro atoms. The Balaban J connectivity index is 2.54. The van der Waals surface area contributed by atoms with Crippen LogP contribution >= 0.6 is 15.9 Å². The molecular weight excluding hydrogens is 148 g/mol. The third-order valence-corrected chi connectivity index (χ3v) is 3.40. The molecule has 0 unspecified atom stereocenters. The smallest absolute Gasteiger partial charge is 0.0328 e. The van der Waals surface area contributed by atoms with Gasteiger partial charge in [-0.25, -0.2) is 0 Å². The summed E-state index contributed by atoms with van der Waals surface area (Å²) in [6.07, 6.45) is 4.41. The molecule has 0 saturated carbocycles. The van der Waals surface area contributed by atoms with Gasteiger partial charge in [0.25, 0.3) is 0 Å². The normalized spacial score (nSPS) is 9.60. The lowest BCUT2D eigenvalue weighted by atomic mass is 11.9. The van der Waals surface area contributed by atoms with Crippen LogP contribution < -0.4 is 0 Å². The van der Waals surface area contributed by atoms with Gasteiger partial charge in [0.1, 0.15) is 0 Å². The first-order valence-electron chi connectivity index (χ1n) is 1.37. The van der Waals surface area contributed by atoms with E-state index >= 15 is 0 Å². The van der Waals surface area contributed by atoms with Crippen molar-refractivity contribution in [3.8, 4) is 0 Å². The quantitative estimate of drug-likeness (QED) is 0.395. The third kappa shape index (κ3) is 4.83. The number of alkyl halides is 1. The summed E-state index contributed by atoms with van der Waals surface area (Å²) in [6, 6.07) is 0. The SMILES string of the molecule is C[S+](C)CBr. The van der Waals surface area contributed by atoms with Gasteiger partial charge in [-0.15, -0.1) is 0 Å². The Morgan fingerprint density at radius 2 is 1.80 bits per heavy atom. The molecule has 0 aromatic heterocycles. The van der Waals surface area contributed by atoms with Crippen molar-refractivity contribution in [3.05, 3.63) is 0 Å². The lowest BCUT2D eigenvalue weighted by Crippen LogP contribution is -1.91. The lowest BCUT2D eigenvalue weighted by Gasteiger charge is -1.79. The van der Waals surface area contributed by atoms with Crippen LogP contribution in [0, 0.1) is 0 Å². The van der Waals surface area contributed by atoms with E-state index < -0.39 is 0 Å². The van der Waals surface area contributed by atoms with Crippen LogP contribution in [0.25, 0.3) is 0 Å². The highest BCUT2D eigenvalue weighted by Crippen LogP contribution is 1.87.